The zero-order valence-electron chi connectivity index (χ0n) is 22.5. The number of benzene rings is 1. The average Bonchev–Trinajstić information content (AvgIpc) is 3.35. The summed E-state index contributed by atoms with van der Waals surface area (Å²) in [4.78, 5) is 0. The Labute approximate surface area is 207 Å². The van der Waals surface area contributed by atoms with Crippen LogP contribution in [-0.4, -0.2) is 8.07 Å². The van der Waals surface area contributed by atoms with Gasteiger partial charge in [-0.1, -0.05) is 98.3 Å². The van der Waals surface area contributed by atoms with Crippen LogP contribution < -0.4 is 0 Å². The summed E-state index contributed by atoms with van der Waals surface area (Å²) in [6.45, 7) is 21.9. The van der Waals surface area contributed by atoms with Gasteiger partial charge in [-0.3, -0.25) is 0 Å². The van der Waals surface area contributed by atoms with E-state index in [4.69, 9.17) is 0 Å². The standard InChI is InChI=1S/C32H44Si/c1-21-15-18-30(32(6,7)27-13-11-10-12-14-27)29(19-21)26-16-17-28(20-26)33(8,9)31-24(4)22(2)23(3)25(31)5/h10-14,16-17,20-21,29-30H,15,18-19H2,1-9H3/t21-,29+,30-/m1/s1. The summed E-state index contributed by atoms with van der Waals surface area (Å²) in [5.74, 6) is 9.82. The fourth-order valence-electron chi connectivity index (χ4n) is 7.08. The number of hydrogen-bond acceptors (Lipinski definition) is 0. The van der Waals surface area contributed by atoms with E-state index in [0.29, 0.717) is 11.8 Å². The van der Waals surface area contributed by atoms with Crippen LogP contribution in [0.25, 0.3) is 0 Å². The second-order valence-electron chi connectivity index (χ2n) is 12.2. The van der Waals surface area contributed by atoms with Gasteiger partial charge in [0.2, 0.25) is 0 Å². The van der Waals surface area contributed by atoms with Gasteiger partial charge in [0.1, 0.15) is 0 Å². The van der Waals surface area contributed by atoms with Crippen molar-refractivity contribution in [3.05, 3.63) is 95.8 Å². The van der Waals surface area contributed by atoms with Crippen molar-refractivity contribution in [2.24, 2.45) is 17.8 Å². The fraction of sp³-hybridized carbons (Fsp3) is 0.500. The summed E-state index contributed by atoms with van der Waals surface area (Å²) in [6, 6.07) is 11.2. The Bertz CT molecular complexity index is 765. The second kappa shape index (κ2) is 9.48. The molecule has 10 radical (unpaired) electrons. The molecule has 1 aromatic rings. The molecule has 0 heterocycles. The summed E-state index contributed by atoms with van der Waals surface area (Å²) in [6.07, 6.45) is 11.6. The fourth-order valence-corrected chi connectivity index (χ4v) is 10.6. The maximum absolute atomic E-state index is 2.62. The predicted molar refractivity (Wildman–Crippen MR) is 145 cm³/mol. The van der Waals surface area contributed by atoms with Crippen molar-refractivity contribution in [2.75, 3.05) is 0 Å². The lowest BCUT2D eigenvalue weighted by Crippen LogP contribution is -2.45. The Kier molecular flexibility index (Phi) is 7.33. The molecule has 0 nitrogen and oxygen atoms in total. The van der Waals surface area contributed by atoms with Crippen LogP contribution in [0.3, 0.4) is 0 Å². The van der Waals surface area contributed by atoms with Gasteiger partial charge in [0.15, 0.2) is 0 Å². The first-order valence-electron chi connectivity index (χ1n) is 13.0. The zero-order chi connectivity index (χ0) is 24.1. The Balaban J connectivity index is 1.54. The van der Waals surface area contributed by atoms with E-state index in [1.807, 2.05) is 0 Å². The molecule has 1 aromatic carbocycles. The minimum absolute atomic E-state index is 0.184. The van der Waals surface area contributed by atoms with E-state index in [0.717, 1.165) is 5.92 Å². The van der Waals surface area contributed by atoms with Crippen LogP contribution in [0.5, 0.6) is 0 Å². The highest BCUT2D eigenvalue weighted by Crippen LogP contribution is 2.60. The Morgan fingerprint density at radius 3 is 2.03 bits per heavy atom. The molecule has 3 fully saturated rings. The molecule has 0 amide bonds. The van der Waals surface area contributed by atoms with Gasteiger partial charge < -0.3 is 0 Å². The number of rotatable bonds is 5. The van der Waals surface area contributed by atoms with Gasteiger partial charge in [0.05, 0.1) is 8.07 Å². The van der Waals surface area contributed by atoms with Crippen molar-refractivity contribution in [1.29, 1.82) is 0 Å². The van der Waals surface area contributed by atoms with Crippen molar-refractivity contribution in [3.63, 3.8) is 0 Å². The maximum Gasteiger partial charge on any atom is 0.0626 e. The zero-order valence-corrected chi connectivity index (χ0v) is 23.5. The van der Waals surface area contributed by atoms with Crippen LogP contribution in [0.4, 0.5) is 0 Å². The number of hydrogen-bond donors (Lipinski definition) is 0. The predicted octanol–water partition coefficient (Wildman–Crippen LogP) is 8.54. The van der Waals surface area contributed by atoms with Crippen molar-refractivity contribution < 1.29 is 0 Å². The Morgan fingerprint density at radius 2 is 1.42 bits per heavy atom. The summed E-state index contributed by atoms with van der Waals surface area (Å²) < 4.78 is 0. The molecule has 0 N–H and O–H groups in total. The third kappa shape index (κ3) is 4.54. The van der Waals surface area contributed by atoms with Gasteiger partial charge in [-0.25, -0.2) is 0 Å². The molecule has 1 heteroatoms. The first-order valence-corrected chi connectivity index (χ1v) is 16.0. The SMILES string of the molecule is C[C]1[C](C)[C](C)[C]([Si](C)(C)[C]2[CH][CH][C]([C@@H]3C[C@H](C)CC[C@H]3C(C)(C)c3ccccc3)[CH]2)[C]1C. The molecule has 3 atom stereocenters. The van der Waals surface area contributed by atoms with Gasteiger partial charge in [-0.05, 0) is 102 Å². The summed E-state index contributed by atoms with van der Waals surface area (Å²) in [5, 5.41) is 0. The summed E-state index contributed by atoms with van der Waals surface area (Å²) >= 11 is 0. The Hall–Kier alpha value is -0.563. The first kappa shape index (κ1) is 25.5. The minimum atomic E-state index is -1.75. The molecule has 0 aliphatic heterocycles. The first-order chi connectivity index (χ1) is 15.5. The largest absolute Gasteiger partial charge is 0.0685 e. The summed E-state index contributed by atoms with van der Waals surface area (Å²) in [5.41, 5.74) is 4.96. The molecule has 0 unspecified atom stereocenters. The van der Waals surface area contributed by atoms with Crippen LogP contribution in [0.2, 0.25) is 13.1 Å². The van der Waals surface area contributed by atoms with Crippen LogP contribution in [0.15, 0.2) is 30.3 Å². The van der Waals surface area contributed by atoms with Crippen molar-refractivity contribution in [2.45, 2.75) is 86.2 Å². The van der Waals surface area contributed by atoms with E-state index >= 15 is 0 Å². The lowest BCUT2D eigenvalue weighted by Gasteiger charge is -2.47. The quantitative estimate of drug-likeness (QED) is 0.389. The van der Waals surface area contributed by atoms with E-state index in [1.165, 1.54) is 36.7 Å². The molecule has 4 rings (SSSR count). The average molecular weight is 457 g/mol. The third-order valence-electron chi connectivity index (χ3n) is 9.55. The molecule has 0 bridgehead atoms. The summed E-state index contributed by atoms with van der Waals surface area (Å²) in [7, 11) is -1.75. The minimum Gasteiger partial charge on any atom is -0.0685 e. The monoisotopic (exact) mass is 456 g/mol. The molecule has 3 aliphatic carbocycles. The highest BCUT2D eigenvalue weighted by atomic mass is 28.3. The van der Waals surface area contributed by atoms with Crippen molar-refractivity contribution in [3.8, 4) is 0 Å². The van der Waals surface area contributed by atoms with E-state index < -0.39 is 8.07 Å². The Morgan fingerprint density at radius 1 is 0.818 bits per heavy atom. The van der Waals surface area contributed by atoms with Gasteiger partial charge in [-0.15, -0.1) is 0 Å². The molecule has 176 valence electrons. The van der Waals surface area contributed by atoms with Gasteiger partial charge in [0, 0.05) is 0 Å². The lowest BCUT2D eigenvalue weighted by molar-refractivity contribution is 0.134. The molecule has 0 aromatic heterocycles. The molecule has 0 spiro atoms. The maximum atomic E-state index is 2.62. The normalized spacial score (nSPS) is 31.1. The van der Waals surface area contributed by atoms with Gasteiger partial charge in [-0.2, -0.15) is 0 Å². The van der Waals surface area contributed by atoms with E-state index in [1.54, 1.807) is 28.8 Å². The molecule has 3 aliphatic rings. The van der Waals surface area contributed by atoms with Crippen molar-refractivity contribution in [1.82, 2.24) is 0 Å². The smallest absolute Gasteiger partial charge is 0.0626 e. The highest BCUT2D eigenvalue weighted by Gasteiger charge is 2.56. The van der Waals surface area contributed by atoms with Crippen LogP contribution >= 0.6 is 0 Å². The second-order valence-corrected chi connectivity index (χ2v) is 16.5. The molecular formula is C32H44Si. The topological polar surface area (TPSA) is 0 Å². The van der Waals surface area contributed by atoms with Crippen LogP contribution in [0.1, 0.15) is 73.3 Å². The van der Waals surface area contributed by atoms with Crippen LogP contribution in [0, 0.1) is 77.7 Å². The van der Waals surface area contributed by atoms with Crippen molar-refractivity contribution >= 4 is 8.07 Å². The lowest BCUT2D eigenvalue weighted by atomic mass is 9.58. The molecular weight excluding hydrogens is 412 g/mol. The van der Waals surface area contributed by atoms with Gasteiger partial charge in [0.25, 0.3) is 0 Å². The van der Waals surface area contributed by atoms with E-state index in [9.17, 15) is 0 Å². The molecule has 3 saturated carbocycles. The third-order valence-corrected chi connectivity index (χ3v) is 13.3. The van der Waals surface area contributed by atoms with E-state index in [-0.39, 0.29) is 5.41 Å². The van der Waals surface area contributed by atoms with Crippen LogP contribution in [-0.2, 0) is 5.41 Å². The highest BCUT2D eigenvalue weighted by molar-refractivity contribution is 6.90. The molecule has 33 heavy (non-hydrogen) atoms. The van der Waals surface area contributed by atoms with E-state index in [2.05, 4.69) is 111 Å². The van der Waals surface area contributed by atoms with Gasteiger partial charge >= 0.3 is 0 Å². The molecule has 0 saturated heterocycles.